The van der Waals surface area contributed by atoms with Crippen LogP contribution in [-0.2, 0) is 0 Å². The zero-order valence-electron chi connectivity index (χ0n) is 11.9. The van der Waals surface area contributed by atoms with Crippen molar-refractivity contribution in [3.05, 3.63) is 0 Å². The fourth-order valence-electron chi connectivity index (χ4n) is 2.36. The van der Waals surface area contributed by atoms with Crippen molar-refractivity contribution in [3.63, 3.8) is 0 Å². The minimum atomic E-state index is 0.770. The number of hydrogen-bond donors (Lipinski definition) is 1. The number of rotatable bonds is 7. The molecule has 1 aromatic heterocycles. The molecule has 1 fully saturated rings. The Bertz CT molecular complexity index is 369. The molecule has 1 aromatic rings. The van der Waals surface area contributed by atoms with Crippen molar-refractivity contribution >= 4 is 28.2 Å². The lowest BCUT2D eigenvalue weighted by molar-refractivity contribution is 0.182. The van der Waals surface area contributed by atoms with Crippen LogP contribution in [0.1, 0.15) is 39.0 Å². The highest BCUT2D eigenvalue weighted by Gasteiger charge is 2.18. The van der Waals surface area contributed by atoms with E-state index in [1.165, 1.54) is 32.2 Å². The Labute approximate surface area is 124 Å². The summed E-state index contributed by atoms with van der Waals surface area (Å²) in [5.41, 5.74) is 0. The first kappa shape index (κ1) is 15.1. The van der Waals surface area contributed by atoms with E-state index in [0.29, 0.717) is 0 Å². The molecular formula is C13H24N4S2. The second-order valence-corrected chi connectivity index (χ2v) is 7.39. The Kier molecular flexibility index (Phi) is 6.40. The summed E-state index contributed by atoms with van der Waals surface area (Å²) in [6.07, 6.45) is 6.50. The molecule has 0 amide bonds. The minimum absolute atomic E-state index is 0.770. The molecule has 2 rings (SSSR count). The summed E-state index contributed by atoms with van der Waals surface area (Å²) in [6.45, 7) is 4.40. The summed E-state index contributed by atoms with van der Waals surface area (Å²) in [4.78, 5) is 2.51. The molecule has 0 bridgehead atoms. The molecule has 2 heterocycles. The van der Waals surface area contributed by atoms with Gasteiger partial charge < -0.3 is 10.2 Å². The zero-order chi connectivity index (χ0) is 13.5. The molecule has 6 heteroatoms. The Morgan fingerprint density at radius 3 is 3.11 bits per heavy atom. The van der Waals surface area contributed by atoms with Crippen LogP contribution in [0.3, 0.4) is 0 Å². The van der Waals surface area contributed by atoms with Gasteiger partial charge in [0.25, 0.3) is 0 Å². The second-order valence-electron chi connectivity index (χ2n) is 5.07. The van der Waals surface area contributed by atoms with Crippen LogP contribution in [0.2, 0.25) is 0 Å². The van der Waals surface area contributed by atoms with Gasteiger partial charge in [0.2, 0.25) is 5.13 Å². The molecule has 1 aliphatic heterocycles. The smallest absolute Gasteiger partial charge is 0.206 e. The topological polar surface area (TPSA) is 41.1 Å². The highest BCUT2D eigenvalue weighted by molar-refractivity contribution is 8.01. The quantitative estimate of drug-likeness (QED) is 0.782. The van der Waals surface area contributed by atoms with Crippen LogP contribution in [0.15, 0.2) is 4.34 Å². The van der Waals surface area contributed by atoms with Crippen LogP contribution in [-0.4, -0.2) is 47.0 Å². The Morgan fingerprint density at radius 2 is 2.32 bits per heavy atom. The van der Waals surface area contributed by atoms with E-state index in [2.05, 4.69) is 34.4 Å². The van der Waals surface area contributed by atoms with E-state index in [-0.39, 0.29) is 0 Å². The van der Waals surface area contributed by atoms with Gasteiger partial charge in [-0.1, -0.05) is 36.4 Å². The van der Waals surface area contributed by atoms with Gasteiger partial charge in [-0.15, -0.1) is 10.2 Å². The summed E-state index contributed by atoms with van der Waals surface area (Å²) in [5.74, 6) is 1.15. The number of anilines is 1. The monoisotopic (exact) mass is 300 g/mol. The SMILES string of the molecule is CCCNc1nnc(SCCC2CCCCN2C)s1. The van der Waals surface area contributed by atoms with Gasteiger partial charge in [-0.05, 0) is 39.3 Å². The van der Waals surface area contributed by atoms with Crippen LogP contribution in [0.5, 0.6) is 0 Å². The van der Waals surface area contributed by atoms with Crippen molar-refractivity contribution in [2.75, 3.05) is 31.2 Å². The maximum absolute atomic E-state index is 4.23. The van der Waals surface area contributed by atoms with Crippen molar-refractivity contribution < 1.29 is 0 Å². The summed E-state index contributed by atoms with van der Waals surface area (Å²) in [5, 5.41) is 12.6. The number of piperidine rings is 1. The van der Waals surface area contributed by atoms with Crippen molar-refractivity contribution in [2.45, 2.75) is 49.4 Å². The van der Waals surface area contributed by atoms with E-state index in [4.69, 9.17) is 0 Å². The minimum Gasteiger partial charge on any atom is -0.360 e. The van der Waals surface area contributed by atoms with Gasteiger partial charge in [0.1, 0.15) is 0 Å². The molecule has 0 aromatic carbocycles. The molecule has 0 saturated carbocycles. The Morgan fingerprint density at radius 1 is 1.42 bits per heavy atom. The van der Waals surface area contributed by atoms with Crippen molar-refractivity contribution in [3.8, 4) is 0 Å². The van der Waals surface area contributed by atoms with E-state index in [9.17, 15) is 0 Å². The third-order valence-corrected chi connectivity index (χ3v) is 5.58. The van der Waals surface area contributed by atoms with Crippen molar-refractivity contribution in [2.24, 2.45) is 0 Å². The molecule has 0 spiro atoms. The maximum Gasteiger partial charge on any atom is 0.206 e. The number of nitrogens with zero attached hydrogens (tertiary/aromatic N) is 3. The molecular weight excluding hydrogens is 276 g/mol. The van der Waals surface area contributed by atoms with Crippen molar-refractivity contribution in [1.29, 1.82) is 0 Å². The molecule has 1 unspecified atom stereocenters. The van der Waals surface area contributed by atoms with E-state index < -0.39 is 0 Å². The zero-order valence-corrected chi connectivity index (χ0v) is 13.5. The molecule has 4 nitrogen and oxygen atoms in total. The lowest BCUT2D eigenvalue weighted by Crippen LogP contribution is -2.36. The first-order valence-corrected chi connectivity index (χ1v) is 9.00. The highest BCUT2D eigenvalue weighted by atomic mass is 32.2. The molecule has 0 aliphatic carbocycles. The number of likely N-dealkylation sites (tertiary alicyclic amines) is 1. The average molecular weight is 300 g/mol. The molecule has 0 radical (unpaired) electrons. The lowest BCUT2D eigenvalue weighted by atomic mass is 10.0. The number of nitrogens with one attached hydrogen (secondary N) is 1. The van der Waals surface area contributed by atoms with Gasteiger partial charge in [0.05, 0.1) is 0 Å². The molecule has 19 heavy (non-hydrogen) atoms. The van der Waals surface area contributed by atoms with E-state index in [0.717, 1.165) is 34.2 Å². The van der Waals surface area contributed by atoms with Gasteiger partial charge in [-0.3, -0.25) is 0 Å². The second kappa shape index (κ2) is 8.07. The van der Waals surface area contributed by atoms with Crippen LogP contribution in [0.4, 0.5) is 5.13 Å². The van der Waals surface area contributed by atoms with Gasteiger partial charge in [-0.2, -0.15) is 0 Å². The predicted octanol–water partition coefficient (Wildman–Crippen LogP) is 3.33. The fraction of sp³-hybridized carbons (Fsp3) is 0.846. The largest absolute Gasteiger partial charge is 0.360 e. The summed E-state index contributed by atoms with van der Waals surface area (Å²) in [7, 11) is 2.26. The standard InChI is InChI=1S/C13H24N4S2/c1-3-8-14-12-15-16-13(19-12)18-10-7-11-6-4-5-9-17(11)2/h11H,3-10H2,1-2H3,(H,14,15). The Balaban J connectivity index is 1.68. The van der Waals surface area contributed by atoms with E-state index in [1.54, 1.807) is 11.3 Å². The fourth-order valence-corrected chi connectivity index (χ4v) is 4.25. The normalized spacial score (nSPS) is 20.6. The van der Waals surface area contributed by atoms with Gasteiger partial charge >= 0.3 is 0 Å². The van der Waals surface area contributed by atoms with E-state index in [1.807, 2.05) is 11.8 Å². The summed E-state index contributed by atoms with van der Waals surface area (Å²) in [6, 6.07) is 0.770. The third kappa shape index (κ3) is 4.93. The third-order valence-electron chi connectivity index (χ3n) is 3.53. The molecule has 1 N–H and O–H groups in total. The number of hydrogen-bond acceptors (Lipinski definition) is 6. The number of aromatic nitrogens is 2. The number of thioether (sulfide) groups is 1. The van der Waals surface area contributed by atoms with Gasteiger partial charge in [0.15, 0.2) is 4.34 Å². The van der Waals surface area contributed by atoms with Crippen LogP contribution < -0.4 is 5.32 Å². The maximum atomic E-state index is 4.23. The van der Waals surface area contributed by atoms with Crippen LogP contribution in [0.25, 0.3) is 0 Å². The first-order chi connectivity index (χ1) is 9.29. The van der Waals surface area contributed by atoms with Crippen LogP contribution >= 0.6 is 23.1 Å². The molecule has 1 aliphatic rings. The molecule has 108 valence electrons. The molecule has 1 saturated heterocycles. The lowest BCUT2D eigenvalue weighted by Gasteiger charge is -2.32. The van der Waals surface area contributed by atoms with E-state index >= 15 is 0 Å². The predicted molar refractivity (Wildman–Crippen MR) is 84.3 cm³/mol. The van der Waals surface area contributed by atoms with Gasteiger partial charge in [-0.25, -0.2) is 0 Å². The Hall–Kier alpha value is -0.330. The summed E-state index contributed by atoms with van der Waals surface area (Å²) >= 11 is 3.52. The molecule has 1 atom stereocenters. The first-order valence-electron chi connectivity index (χ1n) is 7.20. The van der Waals surface area contributed by atoms with Gasteiger partial charge in [0, 0.05) is 18.3 Å². The average Bonchev–Trinajstić information content (AvgIpc) is 2.86. The van der Waals surface area contributed by atoms with Crippen LogP contribution in [0, 0.1) is 0 Å². The highest BCUT2D eigenvalue weighted by Crippen LogP contribution is 2.27. The summed E-state index contributed by atoms with van der Waals surface area (Å²) < 4.78 is 1.09. The van der Waals surface area contributed by atoms with Crippen molar-refractivity contribution in [1.82, 2.24) is 15.1 Å².